The Balaban J connectivity index is 2.32. The topological polar surface area (TPSA) is 66.0 Å². The number of nitrogens with zero attached hydrogens (tertiary/aromatic N) is 1. The molecule has 2 rings (SSSR count). The second-order valence-electron chi connectivity index (χ2n) is 5.33. The summed E-state index contributed by atoms with van der Waals surface area (Å²) in [5.41, 5.74) is 0.343. The molecule has 1 aromatic rings. The minimum atomic E-state index is -0.153. The van der Waals surface area contributed by atoms with Crippen LogP contribution in [0.4, 0.5) is 0 Å². The number of nitrogens with one attached hydrogen (secondary N) is 1. The highest BCUT2D eigenvalue weighted by molar-refractivity contribution is 5.27. The molecular formula is C13H20N2O2. The molecule has 0 aromatic carbocycles. The molecule has 0 saturated heterocycles. The summed E-state index contributed by atoms with van der Waals surface area (Å²) in [6, 6.07) is 0. The van der Waals surface area contributed by atoms with Crippen LogP contribution < -0.4 is 5.56 Å². The van der Waals surface area contributed by atoms with Gasteiger partial charge in [0.05, 0.1) is 5.56 Å². The van der Waals surface area contributed by atoms with Crippen LogP contribution in [0, 0.1) is 5.92 Å². The van der Waals surface area contributed by atoms with Crippen molar-refractivity contribution in [2.75, 3.05) is 0 Å². The van der Waals surface area contributed by atoms with Crippen LogP contribution in [0.25, 0.3) is 0 Å². The summed E-state index contributed by atoms with van der Waals surface area (Å²) < 4.78 is 0. The average molecular weight is 236 g/mol. The molecular weight excluding hydrogens is 216 g/mol. The standard InChI is InChI=1S/C13H20N2O2/c1-8(2)7-10-14-12(16)11(13(17)15-10)9-5-3-4-6-9/h8-9H,3-7H2,1-2H3,(H2,14,15,16,17). The molecule has 4 nitrogen and oxygen atoms in total. The van der Waals surface area contributed by atoms with Gasteiger partial charge in [0, 0.05) is 6.42 Å². The number of hydrogen-bond donors (Lipinski definition) is 2. The fourth-order valence-corrected chi connectivity index (χ4v) is 2.58. The molecule has 1 heterocycles. The molecule has 0 bridgehead atoms. The monoisotopic (exact) mass is 236 g/mol. The highest BCUT2D eigenvalue weighted by Crippen LogP contribution is 2.35. The van der Waals surface area contributed by atoms with E-state index in [0.29, 0.717) is 23.7 Å². The Hall–Kier alpha value is -1.32. The van der Waals surface area contributed by atoms with Crippen LogP contribution >= 0.6 is 0 Å². The highest BCUT2D eigenvalue weighted by atomic mass is 16.3. The van der Waals surface area contributed by atoms with E-state index in [1.165, 1.54) is 0 Å². The molecule has 2 N–H and O–H groups in total. The fraction of sp³-hybridized carbons (Fsp3) is 0.692. The van der Waals surface area contributed by atoms with Crippen LogP contribution in [0.15, 0.2) is 4.79 Å². The molecule has 0 radical (unpaired) electrons. The summed E-state index contributed by atoms with van der Waals surface area (Å²) in [7, 11) is 0. The number of hydrogen-bond acceptors (Lipinski definition) is 3. The molecule has 0 unspecified atom stereocenters. The van der Waals surface area contributed by atoms with Crippen LogP contribution in [-0.2, 0) is 6.42 Å². The molecule has 0 amide bonds. The lowest BCUT2D eigenvalue weighted by Gasteiger charge is -2.11. The van der Waals surface area contributed by atoms with Crippen molar-refractivity contribution in [1.82, 2.24) is 9.97 Å². The molecule has 1 aliphatic rings. The van der Waals surface area contributed by atoms with Gasteiger partial charge in [-0.15, -0.1) is 0 Å². The van der Waals surface area contributed by atoms with Gasteiger partial charge in [-0.1, -0.05) is 26.7 Å². The van der Waals surface area contributed by atoms with E-state index in [2.05, 4.69) is 23.8 Å². The number of aromatic hydroxyl groups is 1. The number of H-pyrrole nitrogens is 1. The zero-order valence-corrected chi connectivity index (χ0v) is 10.5. The van der Waals surface area contributed by atoms with E-state index in [-0.39, 0.29) is 17.4 Å². The van der Waals surface area contributed by atoms with Crippen LogP contribution in [0.5, 0.6) is 5.88 Å². The molecule has 1 fully saturated rings. The maximum absolute atomic E-state index is 12.0. The van der Waals surface area contributed by atoms with E-state index >= 15 is 0 Å². The van der Waals surface area contributed by atoms with Gasteiger partial charge in [-0.25, -0.2) is 4.98 Å². The van der Waals surface area contributed by atoms with Crippen molar-refractivity contribution in [3.63, 3.8) is 0 Å². The lowest BCUT2D eigenvalue weighted by Crippen LogP contribution is -2.19. The first-order valence-corrected chi connectivity index (χ1v) is 6.40. The third-order valence-corrected chi connectivity index (χ3v) is 3.35. The Kier molecular flexibility index (Phi) is 3.50. The minimum Gasteiger partial charge on any atom is -0.493 e. The van der Waals surface area contributed by atoms with Gasteiger partial charge >= 0.3 is 0 Å². The summed E-state index contributed by atoms with van der Waals surface area (Å²) in [6.45, 7) is 4.11. The molecule has 4 heteroatoms. The lowest BCUT2D eigenvalue weighted by atomic mass is 10.00. The second kappa shape index (κ2) is 4.90. The summed E-state index contributed by atoms with van der Waals surface area (Å²) in [6.07, 6.45) is 4.94. The van der Waals surface area contributed by atoms with Crippen LogP contribution in [0.3, 0.4) is 0 Å². The third-order valence-electron chi connectivity index (χ3n) is 3.35. The predicted octanol–water partition coefficient (Wildman–Crippen LogP) is 2.33. The normalized spacial score (nSPS) is 16.9. The van der Waals surface area contributed by atoms with E-state index in [1.807, 2.05) is 0 Å². The van der Waals surface area contributed by atoms with Gasteiger partial charge in [0.1, 0.15) is 5.82 Å². The zero-order chi connectivity index (χ0) is 12.4. The predicted molar refractivity (Wildman–Crippen MR) is 66.3 cm³/mol. The molecule has 1 aromatic heterocycles. The molecule has 0 spiro atoms. The fourth-order valence-electron chi connectivity index (χ4n) is 2.58. The van der Waals surface area contributed by atoms with Crippen molar-refractivity contribution < 1.29 is 5.11 Å². The summed E-state index contributed by atoms with van der Waals surface area (Å²) in [4.78, 5) is 18.9. The van der Waals surface area contributed by atoms with Gasteiger partial charge in [-0.2, -0.15) is 0 Å². The van der Waals surface area contributed by atoms with Crippen molar-refractivity contribution >= 4 is 0 Å². The Morgan fingerprint density at radius 1 is 1.41 bits per heavy atom. The Labute approximate surface area is 101 Å². The molecule has 1 aliphatic carbocycles. The first-order valence-electron chi connectivity index (χ1n) is 6.40. The lowest BCUT2D eigenvalue weighted by molar-refractivity contribution is 0.429. The first kappa shape index (κ1) is 12.1. The van der Waals surface area contributed by atoms with Gasteiger partial charge < -0.3 is 10.1 Å². The quantitative estimate of drug-likeness (QED) is 0.846. The minimum absolute atomic E-state index is 0.0590. The largest absolute Gasteiger partial charge is 0.493 e. The molecule has 0 atom stereocenters. The number of rotatable bonds is 3. The molecule has 1 saturated carbocycles. The maximum atomic E-state index is 12.0. The maximum Gasteiger partial charge on any atom is 0.258 e. The summed E-state index contributed by atoms with van der Waals surface area (Å²) in [5.74, 6) is 1.13. The van der Waals surface area contributed by atoms with Crippen molar-refractivity contribution in [1.29, 1.82) is 0 Å². The van der Waals surface area contributed by atoms with Crippen molar-refractivity contribution in [2.24, 2.45) is 5.92 Å². The number of aromatic nitrogens is 2. The molecule has 0 aliphatic heterocycles. The van der Waals surface area contributed by atoms with Gasteiger partial charge in [0.25, 0.3) is 5.56 Å². The van der Waals surface area contributed by atoms with Crippen molar-refractivity contribution in [3.05, 3.63) is 21.7 Å². The smallest absolute Gasteiger partial charge is 0.258 e. The molecule has 94 valence electrons. The van der Waals surface area contributed by atoms with Crippen molar-refractivity contribution in [2.45, 2.75) is 51.9 Å². The summed E-state index contributed by atoms with van der Waals surface area (Å²) >= 11 is 0. The van der Waals surface area contributed by atoms with E-state index in [9.17, 15) is 9.90 Å². The van der Waals surface area contributed by atoms with E-state index < -0.39 is 0 Å². The van der Waals surface area contributed by atoms with E-state index in [0.717, 1.165) is 25.7 Å². The second-order valence-corrected chi connectivity index (χ2v) is 5.33. The SMILES string of the molecule is CC(C)Cc1nc(O)c(C2CCCC2)c(=O)[nH]1. The van der Waals surface area contributed by atoms with Crippen LogP contribution in [0.1, 0.15) is 56.8 Å². The Morgan fingerprint density at radius 3 is 2.59 bits per heavy atom. The Bertz CT molecular complexity index is 445. The Morgan fingerprint density at radius 2 is 2.06 bits per heavy atom. The van der Waals surface area contributed by atoms with Crippen molar-refractivity contribution in [3.8, 4) is 5.88 Å². The van der Waals surface area contributed by atoms with Gasteiger partial charge in [0.15, 0.2) is 0 Å². The van der Waals surface area contributed by atoms with Gasteiger partial charge in [-0.3, -0.25) is 4.79 Å². The van der Waals surface area contributed by atoms with Crippen LogP contribution in [0.2, 0.25) is 0 Å². The van der Waals surface area contributed by atoms with E-state index in [1.54, 1.807) is 0 Å². The highest BCUT2D eigenvalue weighted by Gasteiger charge is 2.24. The third kappa shape index (κ3) is 2.68. The first-order chi connectivity index (χ1) is 8.08. The number of aromatic amines is 1. The van der Waals surface area contributed by atoms with Gasteiger partial charge in [-0.05, 0) is 24.7 Å². The van der Waals surface area contributed by atoms with Crippen LogP contribution in [-0.4, -0.2) is 15.1 Å². The average Bonchev–Trinajstić information content (AvgIpc) is 2.68. The summed E-state index contributed by atoms with van der Waals surface area (Å²) in [5, 5.41) is 9.91. The molecule has 17 heavy (non-hydrogen) atoms. The van der Waals surface area contributed by atoms with E-state index in [4.69, 9.17) is 0 Å². The van der Waals surface area contributed by atoms with Gasteiger partial charge in [0.2, 0.25) is 5.88 Å². The zero-order valence-electron chi connectivity index (χ0n) is 10.5.